The van der Waals surface area contributed by atoms with Crippen molar-refractivity contribution in [2.45, 2.75) is 13.0 Å². The zero-order valence-corrected chi connectivity index (χ0v) is 17.1. The lowest BCUT2D eigenvalue weighted by atomic mass is 10.3. The number of sulfonamides is 1. The van der Waals surface area contributed by atoms with Gasteiger partial charge in [0.25, 0.3) is 5.91 Å². The lowest BCUT2D eigenvalue weighted by Gasteiger charge is -2.33. The number of hydrogen-bond donors (Lipinski definition) is 1. The van der Waals surface area contributed by atoms with Gasteiger partial charge in [0.15, 0.2) is 6.10 Å². The third-order valence-electron chi connectivity index (χ3n) is 4.55. The number of nitrogens with zero attached hydrogens (tertiary/aromatic N) is 4. The second kappa shape index (κ2) is 9.66. The van der Waals surface area contributed by atoms with Crippen LogP contribution in [-0.4, -0.2) is 73.2 Å². The monoisotopic (exact) mass is 419 g/mol. The molecule has 1 aliphatic heterocycles. The molecule has 0 saturated carbocycles. The zero-order chi connectivity index (χ0) is 20.7. The maximum atomic E-state index is 12.6. The highest BCUT2D eigenvalue weighted by molar-refractivity contribution is 7.89. The van der Waals surface area contributed by atoms with Crippen molar-refractivity contribution >= 4 is 21.9 Å². The van der Waals surface area contributed by atoms with Gasteiger partial charge < -0.3 is 15.0 Å². The Balaban J connectivity index is 1.42. The number of aromatic nitrogens is 2. The molecule has 2 aromatic rings. The van der Waals surface area contributed by atoms with Crippen LogP contribution in [0.2, 0.25) is 0 Å². The van der Waals surface area contributed by atoms with E-state index in [2.05, 4.69) is 15.3 Å². The molecule has 9 nitrogen and oxygen atoms in total. The van der Waals surface area contributed by atoms with Gasteiger partial charge in [-0.05, 0) is 25.1 Å². The number of rotatable bonds is 8. The predicted octanol–water partition coefficient (Wildman–Crippen LogP) is 0.512. The van der Waals surface area contributed by atoms with Crippen molar-refractivity contribution in [3.63, 3.8) is 0 Å². The SMILES string of the molecule is CC(Oc1ccccc1)C(=O)NCCS(=O)(=O)N1CCN(c2ncccn2)CC1. The van der Waals surface area contributed by atoms with Gasteiger partial charge in [-0.15, -0.1) is 0 Å². The Hall–Kier alpha value is -2.72. The third kappa shape index (κ3) is 5.88. The van der Waals surface area contributed by atoms with Crippen molar-refractivity contribution in [1.29, 1.82) is 0 Å². The fourth-order valence-corrected chi connectivity index (χ4v) is 4.29. The van der Waals surface area contributed by atoms with Gasteiger partial charge in [-0.25, -0.2) is 18.4 Å². The maximum Gasteiger partial charge on any atom is 0.260 e. The molecular weight excluding hydrogens is 394 g/mol. The highest BCUT2D eigenvalue weighted by Crippen LogP contribution is 2.13. The number of anilines is 1. The van der Waals surface area contributed by atoms with Crippen LogP contribution in [0.5, 0.6) is 5.75 Å². The summed E-state index contributed by atoms with van der Waals surface area (Å²) < 4.78 is 32.1. The standard InChI is InChI=1S/C19H25N5O4S/c1-16(28-17-6-3-2-4-7-17)18(25)20-10-15-29(26,27)24-13-11-23(12-14-24)19-21-8-5-9-22-19/h2-9,16H,10-15H2,1H3,(H,20,25). The molecule has 1 aromatic heterocycles. The van der Waals surface area contributed by atoms with Crippen molar-refractivity contribution in [1.82, 2.24) is 19.6 Å². The fourth-order valence-electron chi connectivity index (χ4n) is 2.95. The van der Waals surface area contributed by atoms with Crippen LogP contribution in [0, 0.1) is 0 Å². The zero-order valence-electron chi connectivity index (χ0n) is 16.3. The first-order valence-corrected chi connectivity index (χ1v) is 11.1. The number of amides is 1. The highest BCUT2D eigenvalue weighted by Gasteiger charge is 2.27. The summed E-state index contributed by atoms with van der Waals surface area (Å²) in [5.41, 5.74) is 0. The molecule has 0 spiro atoms. The summed E-state index contributed by atoms with van der Waals surface area (Å²) in [7, 11) is -3.46. The van der Waals surface area contributed by atoms with E-state index in [1.54, 1.807) is 37.5 Å². The Morgan fingerprint density at radius 1 is 1.10 bits per heavy atom. The molecule has 1 fully saturated rings. The van der Waals surface area contributed by atoms with Gasteiger partial charge in [0, 0.05) is 45.1 Å². The molecule has 1 saturated heterocycles. The number of carbonyl (C=O) groups excluding carboxylic acids is 1. The van der Waals surface area contributed by atoms with E-state index in [1.165, 1.54) is 4.31 Å². The number of nitrogens with one attached hydrogen (secondary N) is 1. The lowest BCUT2D eigenvalue weighted by Crippen LogP contribution is -2.50. The average Bonchev–Trinajstić information content (AvgIpc) is 2.75. The molecule has 0 aliphatic carbocycles. The molecule has 3 rings (SSSR count). The van der Waals surface area contributed by atoms with Crippen molar-refractivity contribution in [2.75, 3.05) is 43.4 Å². The van der Waals surface area contributed by atoms with E-state index < -0.39 is 16.1 Å². The number of para-hydroxylation sites is 1. The first-order valence-electron chi connectivity index (χ1n) is 9.45. The molecule has 29 heavy (non-hydrogen) atoms. The van der Waals surface area contributed by atoms with Gasteiger partial charge in [-0.2, -0.15) is 4.31 Å². The van der Waals surface area contributed by atoms with Crippen molar-refractivity contribution < 1.29 is 17.9 Å². The summed E-state index contributed by atoms with van der Waals surface area (Å²) in [5.74, 6) is 0.681. The number of ether oxygens (including phenoxy) is 1. The molecule has 0 radical (unpaired) electrons. The van der Waals surface area contributed by atoms with E-state index in [0.29, 0.717) is 37.9 Å². The van der Waals surface area contributed by atoms with E-state index in [0.717, 1.165) is 0 Å². The minimum atomic E-state index is -3.46. The Kier molecular flexibility index (Phi) is 6.99. The quantitative estimate of drug-likeness (QED) is 0.665. The summed E-state index contributed by atoms with van der Waals surface area (Å²) in [4.78, 5) is 22.5. The number of benzene rings is 1. The molecule has 1 N–H and O–H groups in total. The molecule has 10 heteroatoms. The number of hydrogen-bond acceptors (Lipinski definition) is 7. The van der Waals surface area contributed by atoms with Crippen LogP contribution in [-0.2, 0) is 14.8 Å². The van der Waals surface area contributed by atoms with Gasteiger partial charge >= 0.3 is 0 Å². The molecule has 0 bridgehead atoms. The van der Waals surface area contributed by atoms with Crippen LogP contribution in [0.4, 0.5) is 5.95 Å². The van der Waals surface area contributed by atoms with E-state index >= 15 is 0 Å². The number of carbonyl (C=O) groups is 1. The van der Waals surface area contributed by atoms with Crippen LogP contribution in [0.15, 0.2) is 48.8 Å². The number of piperazine rings is 1. The average molecular weight is 420 g/mol. The van der Waals surface area contributed by atoms with Crippen molar-refractivity contribution in [3.8, 4) is 5.75 Å². The van der Waals surface area contributed by atoms with Gasteiger partial charge in [0.2, 0.25) is 16.0 Å². The molecular formula is C19H25N5O4S. The predicted molar refractivity (Wildman–Crippen MR) is 109 cm³/mol. The Morgan fingerprint density at radius 3 is 2.41 bits per heavy atom. The third-order valence-corrected chi connectivity index (χ3v) is 6.42. The van der Waals surface area contributed by atoms with Crippen LogP contribution in [0.1, 0.15) is 6.92 Å². The molecule has 2 heterocycles. The summed E-state index contributed by atoms with van der Waals surface area (Å²) in [6, 6.07) is 10.7. The van der Waals surface area contributed by atoms with Crippen molar-refractivity contribution in [2.24, 2.45) is 0 Å². The van der Waals surface area contributed by atoms with E-state index in [4.69, 9.17) is 4.74 Å². The first-order chi connectivity index (χ1) is 14.0. The maximum absolute atomic E-state index is 12.6. The van der Waals surface area contributed by atoms with E-state index in [9.17, 15) is 13.2 Å². The van der Waals surface area contributed by atoms with E-state index in [-0.39, 0.29) is 18.2 Å². The molecule has 1 amide bonds. The molecule has 1 atom stereocenters. The van der Waals surface area contributed by atoms with E-state index in [1.807, 2.05) is 23.1 Å². The molecule has 1 aliphatic rings. The summed E-state index contributed by atoms with van der Waals surface area (Å²) in [6.07, 6.45) is 2.61. The largest absolute Gasteiger partial charge is 0.481 e. The molecule has 156 valence electrons. The Morgan fingerprint density at radius 2 is 1.76 bits per heavy atom. The van der Waals surface area contributed by atoms with Gasteiger partial charge in [0.05, 0.1) is 5.75 Å². The summed E-state index contributed by atoms with van der Waals surface area (Å²) in [5, 5.41) is 2.63. The molecule has 1 aromatic carbocycles. The van der Waals surface area contributed by atoms with Crippen LogP contribution >= 0.6 is 0 Å². The van der Waals surface area contributed by atoms with Gasteiger partial charge in [-0.1, -0.05) is 18.2 Å². The van der Waals surface area contributed by atoms with Gasteiger partial charge in [0.1, 0.15) is 5.75 Å². The highest BCUT2D eigenvalue weighted by atomic mass is 32.2. The van der Waals surface area contributed by atoms with Crippen LogP contribution < -0.4 is 15.0 Å². The smallest absolute Gasteiger partial charge is 0.260 e. The Labute approximate surface area is 170 Å². The lowest BCUT2D eigenvalue weighted by molar-refractivity contribution is -0.127. The van der Waals surface area contributed by atoms with Crippen LogP contribution in [0.3, 0.4) is 0 Å². The summed E-state index contributed by atoms with van der Waals surface area (Å²) >= 11 is 0. The summed E-state index contributed by atoms with van der Waals surface area (Å²) in [6.45, 7) is 3.44. The van der Waals surface area contributed by atoms with Crippen LogP contribution in [0.25, 0.3) is 0 Å². The Bertz CT molecular complexity index is 887. The molecule has 1 unspecified atom stereocenters. The van der Waals surface area contributed by atoms with Gasteiger partial charge in [-0.3, -0.25) is 4.79 Å². The minimum absolute atomic E-state index is 0.0334. The van der Waals surface area contributed by atoms with Crippen molar-refractivity contribution in [3.05, 3.63) is 48.8 Å². The second-order valence-corrected chi connectivity index (χ2v) is 8.70. The topological polar surface area (TPSA) is 105 Å². The first kappa shape index (κ1) is 21.0. The normalized spacial score (nSPS) is 16.2. The fraction of sp³-hybridized carbons (Fsp3) is 0.421. The minimum Gasteiger partial charge on any atom is -0.481 e. The second-order valence-electron chi connectivity index (χ2n) is 6.62.